The van der Waals surface area contributed by atoms with Gasteiger partial charge in [-0.2, -0.15) is 0 Å². The molecular weight excluding hydrogens is 354 g/mol. The van der Waals surface area contributed by atoms with E-state index in [0.717, 1.165) is 36.1 Å². The molecule has 2 rings (SSSR count). The molecule has 2 N–H and O–H groups in total. The zero-order valence-electron chi connectivity index (χ0n) is 15.5. The minimum Gasteiger partial charge on any atom is -0.324 e. The molecule has 1 aliphatic heterocycles. The molecule has 0 unspecified atom stereocenters. The van der Waals surface area contributed by atoms with Gasteiger partial charge in [-0.15, -0.1) is 0 Å². The van der Waals surface area contributed by atoms with E-state index in [1.165, 1.54) is 0 Å². The SMILES string of the molecule is CCCCCC[C@@]1(C)NC(=O)N(CC(=O)Nc2ccc(Cl)cc2C)C1=O. The molecule has 7 heteroatoms. The molecule has 1 fully saturated rings. The molecule has 26 heavy (non-hydrogen) atoms. The number of carbonyl (C=O) groups excluding carboxylic acids is 3. The standard InChI is InChI=1S/C19H26ClN3O3/c1-4-5-6-7-10-19(3)17(25)23(18(26)22-19)12-16(24)21-15-9-8-14(20)11-13(15)2/h8-9,11H,4-7,10,12H2,1-3H3,(H,21,24)(H,22,26)/t19-/m1/s1. The highest BCUT2D eigenvalue weighted by molar-refractivity contribution is 6.30. The van der Waals surface area contributed by atoms with Gasteiger partial charge in [-0.3, -0.25) is 14.5 Å². The lowest BCUT2D eigenvalue weighted by Gasteiger charge is -2.21. The van der Waals surface area contributed by atoms with Crippen molar-refractivity contribution in [1.29, 1.82) is 0 Å². The monoisotopic (exact) mass is 379 g/mol. The third-order valence-electron chi connectivity index (χ3n) is 4.64. The van der Waals surface area contributed by atoms with Crippen molar-refractivity contribution in [3.05, 3.63) is 28.8 Å². The van der Waals surface area contributed by atoms with Gasteiger partial charge in [0.25, 0.3) is 5.91 Å². The number of imide groups is 1. The van der Waals surface area contributed by atoms with Crippen LogP contribution < -0.4 is 10.6 Å². The van der Waals surface area contributed by atoms with E-state index < -0.39 is 17.5 Å². The topological polar surface area (TPSA) is 78.5 Å². The van der Waals surface area contributed by atoms with E-state index in [-0.39, 0.29) is 12.5 Å². The Balaban J connectivity index is 1.97. The molecule has 1 saturated heterocycles. The van der Waals surface area contributed by atoms with Gasteiger partial charge in [-0.05, 0) is 44.0 Å². The van der Waals surface area contributed by atoms with Gasteiger partial charge < -0.3 is 10.6 Å². The summed E-state index contributed by atoms with van der Waals surface area (Å²) in [6.07, 6.45) is 4.66. The van der Waals surface area contributed by atoms with Gasteiger partial charge in [0.15, 0.2) is 0 Å². The highest BCUT2D eigenvalue weighted by atomic mass is 35.5. The Morgan fingerprint density at radius 3 is 2.65 bits per heavy atom. The second-order valence-corrected chi connectivity index (χ2v) is 7.41. The highest BCUT2D eigenvalue weighted by Gasteiger charge is 2.47. The van der Waals surface area contributed by atoms with E-state index in [4.69, 9.17) is 11.6 Å². The van der Waals surface area contributed by atoms with Crippen molar-refractivity contribution in [1.82, 2.24) is 10.2 Å². The number of nitrogens with zero attached hydrogens (tertiary/aromatic N) is 1. The zero-order chi connectivity index (χ0) is 19.3. The number of carbonyl (C=O) groups is 3. The summed E-state index contributed by atoms with van der Waals surface area (Å²) in [6.45, 7) is 5.35. The molecular formula is C19H26ClN3O3. The second kappa shape index (κ2) is 8.54. The number of nitrogens with one attached hydrogen (secondary N) is 2. The average molecular weight is 380 g/mol. The van der Waals surface area contributed by atoms with Crippen LogP contribution in [0.15, 0.2) is 18.2 Å². The van der Waals surface area contributed by atoms with Gasteiger partial charge in [0.05, 0.1) is 0 Å². The number of halogens is 1. The highest BCUT2D eigenvalue weighted by Crippen LogP contribution is 2.24. The summed E-state index contributed by atoms with van der Waals surface area (Å²) in [7, 11) is 0. The number of hydrogen-bond donors (Lipinski definition) is 2. The number of aryl methyl sites for hydroxylation is 1. The molecule has 4 amide bonds. The van der Waals surface area contributed by atoms with Crippen LogP contribution >= 0.6 is 11.6 Å². The lowest BCUT2D eigenvalue weighted by molar-refractivity contribution is -0.133. The molecule has 0 spiro atoms. The van der Waals surface area contributed by atoms with Gasteiger partial charge in [-0.1, -0.05) is 44.2 Å². The quantitative estimate of drug-likeness (QED) is 0.531. The van der Waals surface area contributed by atoms with Crippen molar-refractivity contribution in [2.75, 3.05) is 11.9 Å². The first-order chi connectivity index (χ1) is 12.3. The van der Waals surface area contributed by atoms with E-state index >= 15 is 0 Å². The Labute approximate surface area is 159 Å². The molecule has 1 atom stereocenters. The molecule has 0 saturated carbocycles. The van der Waals surface area contributed by atoms with Crippen LogP contribution in [0.5, 0.6) is 0 Å². The number of rotatable bonds is 8. The largest absolute Gasteiger partial charge is 0.325 e. The van der Waals surface area contributed by atoms with E-state index in [0.29, 0.717) is 17.1 Å². The summed E-state index contributed by atoms with van der Waals surface area (Å²) in [5.41, 5.74) is 0.485. The molecule has 0 radical (unpaired) electrons. The van der Waals surface area contributed by atoms with Crippen LogP contribution in [0.25, 0.3) is 0 Å². The number of urea groups is 1. The molecule has 142 valence electrons. The number of unbranched alkanes of at least 4 members (excludes halogenated alkanes) is 3. The third-order valence-corrected chi connectivity index (χ3v) is 4.87. The van der Waals surface area contributed by atoms with Crippen molar-refractivity contribution in [2.45, 2.75) is 58.4 Å². The average Bonchev–Trinajstić information content (AvgIpc) is 2.78. The molecule has 0 bridgehead atoms. The summed E-state index contributed by atoms with van der Waals surface area (Å²) < 4.78 is 0. The van der Waals surface area contributed by atoms with Gasteiger partial charge in [0.2, 0.25) is 5.91 Å². The fourth-order valence-corrected chi connectivity index (χ4v) is 3.29. The van der Waals surface area contributed by atoms with Crippen LogP contribution in [-0.4, -0.2) is 34.8 Å². The Hall–Kier alpha value is -2.08. The maximum Gasteiger partial charge on any atom is 0.325 e. The first kappa shape index (κ1) is 20.2. The lowest BCUT2D eigenvalue weighted by Crippen LogP contribution is -2.44. The van der Waals surface area contributed by atoms with Crippen LogP contribution in [-0.2, 0) is 9.59 Å². The molecule has 1 heterocycles. The lowest BCUT2D eigenvalue weighted by atomic mass is 9.94. The number of hydrogen-bond acceptors (Lipinski definition) is 3. The molecule has 0 aromatic heterocycles. The van der Waals surface area contributed by atoms with Crippen molar-refractivity contribution >= 4 is 35.1 Å². The Kier molecular flexibility index (Phi) is 6.64. The molecule has 1 aliphatic rings. The normalized spacial score (nSPS) is 19.6. The summed E-state index contributed by atoms with van der Waals surface area (Å²) in [6, 6.07) is 4.58. The summed E-state index contributed by atoms with van der Waals surface area (Å²) >= 11 is 5.90. The van der Waals surface area contributed by atoms with Crippen LogP contribution in [0.3, 0.4) is 0 Å². The minimum atomic E-state index is -0.929. The zero-order valence-corrected chi connectivity index (χ0v) is 16.3. The summed E-state index contributed by atoms with van der Waals surface area (Å²) in [4.78, 5) is 38.1. The first-order valence-corrected chi connectivity index (χ1v) is 9.35. The Morgan fingerprint density at radius 1 is 1.27 bits per heavy atom. The number of anilines is 1. The van der Waals surface area contributed by atoms with Gasteiger partial charge in [-0.25, -0.2) is 4.79 Å². The predicted octanol–water partition coefficient (Wildman–Crippen LogP) is 3.87. The first-order valence-electron chi connectivity index (χ1n) is 8.97. The molecule has 1 aromatic carbocycles. The fraction of sp³-hybridized carbons (Fsp3) is 0.526. The van der Waals surface area contributed by atoms with Gasteiger partial charge in [0, 0.05) is 10.7 Å². The smallest absolute Gasteiger partial charge is 0.324 e. The maximum absolute atomic E-state index is 12.6. The number of benzene rings is 1. The van der Waals surface area contributed by atoms with Crippen LogP contribution in [0.1, 0.15) is 51.5 Å². The van der Waals surface area contributed by atoms with Gasteiger partial charge >= 0.3 is 6.03 Å². The predicted molar refractivity (Wildman–Crippen MR) is 102 cm³/mol. The molecule has 1 aromatic rings. The van der Waals surface area contributed by atoms with E-state index in [9.17, 15) is 14.4 Å². The number of amides is 4. The minimum absolute atomic E-state index is 0.308. The Morgan fingerprint density at radius 2 is 2.00 bits per heavy atom. The maximum atomic E-state index is 12.6. The second-order valence-electron chi connectivity index (χ2n) is 6.97. The Bertz CT molecular complexity index is 707. The molecule has 0 aliphatic carbocycles. The van der Waals surface area contributed by atoms with Crippen molar-refractivity contribution in [3.63, 3.8) is 0 Å². The van der Waals surface area contributed by atoms with Crippen molar-refractivity contribution < 1.29 is 14.4 Å². The van der Waals surface area contributed by atoms with Crippen LogP contribution in [0, 0.1) is 6.92 Å². The molecule has 6 nitrogen and oxygen atoms in total. The van der Waals surface area contributed by atoms with Crippen LogP contribution in [0.4, 0.5) is 10.5 Å². The van der Waals surface area contributed by atoms with E-state index in [1.54, 1.807) is 25.1 Å². The van der Waals surface area contributed by atoms with Crippen molar-refractivity contribution in [2.24, 2.45) is 0 Å². The van der Waals surface area contributed by atoms with E-state index in [1.807, 2.05) is 6.92 Å². The van der Waals surface area contributed by atoms with Crippen LogP contribution in [0.2, 0.25) is 5.02 Å². The van der Waals surface area contributed by atoms with Gasteiger partial charge in [0.1, 0.15) is 12.1 Å². The third kappa shape index (κ3) is 4.75. The summed E-state index contributed by atoms with van der Waals surface area (Å²) in [5, 5.41) is 6.03. The fourth-order valence-electron chi connectivity index (χ4n) is 3.07. The van der Waals surface area contributed by atoms with Crippen molar-refractivity contribution in [3.8, 4) is 0 Å². The summed E-state index contributed by atoms with van der Waals surface area (Å²) in [5.74, 6) is -0.767. The van der Waals surface area contributed by atoms with E-state index in [2.05, 4.69) is 17.6 Å².